The third-order valence-electron chi connectivity index (χ3n) is 1.65. The molecule has 0 saturated carbocycles. The van der Waals surface area contributed by atoms with Gasteiger partial charge in [-0.15, -0.1) is 0 Å². The minimum absolute atomic E-state index is 0.287. The van der Waals surface area contributed by atoms with Gasteiger partial charge in [0.1, 0.15) is 0 Å². The van der Waals surface area contributed by atoms with Crippen LogP contribution < -0.4 is 5.56 Å². The lowest BCUT2D eigenvalue weighted by molar-refractivity contribution is 0.438. The number of aromatic hydroxyl groups is 1. The SMILES string of the molecule is Cc1noc2[nH]c(=O)c(O)cc12. The summed E-state index contributed by atoms with van der Waals surface area (Å²) in [7, 11) is 0. The van der Waals surface area contributed by atoms with Gasteiger partial charge >= 0.3 is 0 Å². The standard InChI is InChI=1S/C7H6N2O3/c1-3-4-2-5(10)6(11)8-7(4)12-9-3/h2,10H,1H3,(H,8,11). The Balaban J connectivity index is 2.97. The van der Waals surface area contributed by atoms with Gasteiger partial charge in [0.15, 0.2) is 5.75 Å². The lowest BCUT2D eigenvalue weighted by Gasteiger charge is -1.88. The number of H-pyrrole nitrogens is 1. The van der Waals surface area contributed by atoms with Crippen molar-refractivity contribution in [3.63, 3.8) is 0 Å². The Morgan fingerprint density at radius 1 is 1.67 bits per heavy atom. The van der Waals surface area contributed by atoms with Gasteiger partial charge in [0.25, 0.3) is 5.56 Å². The predicted molar refractivity (Wildman–Crippen MR) is 41.0 cm³/mol. The van der Waals surface area contributed by atoms with E-state index in [1.54, 1.807) is 6.92 Å². The van der Waals surface area contributed by atoms with Crippen LogP contribution in [0.1, 0.15) is 5.69 Å². The largest absolute Gasteiger partial charge is 0.503 e. The third kappa shape index (κ3) is 0.795. The maximum atomic E-state index is 10.8. The summed E-state index contributed by atoms with van der Waals surface area (Å²) in [5, 5.41) is 13.3. The molecule has 0 amide bonds. The second kappa shape index (κ2) is 2.10. The van der Waals surface area contributed by atoms with E-state index in [1.165, 1.54) is 6.07 Å². The molecule has 0 saturated heterocycles. The van der Waals surface area contributed by atoms with E-state index in [0.29, 0.717) is 11.1 Å². The molecule has 0 aromatic carbocycles. The van der Waals surface area contributed by atoms with Crippen LogP contribution in [0.2, 0.25) is 0 Å². The smallest absolute Gasteiger partial charge is 0.292 e. The van der Waals surface area contributed by atoms with E-state index < -0.39 is 5.56 Å². The number of pyridine rings is 1. The monoisotopic (exact) mass is 166 g/mol. The lowest BCUT2D eigenvalue weighted by Crippen LogP contribution is -2.03. The van der Waals surface area contributed by atoms with Crippen molar-refractivity contribution < 1.29 is 9.63 Å². The Bertz CT molecular complexity index is 483. The van der Waals surface area contributed by atoms with Gasteiger partial charge in [-0.3, -0.25) is 9.78 Å². The van der Waals surface area contributed by atoms with Gasteiger partial charge in [0.2, 0.25) is 5.71 Å². The number of nitrogens with one attached hydrogen (secondary N) is 1. The third-order valence-corrected chi connectivity index (χ3v) is 1.65. The van der Waals surface area contributed by atoms with Crippen LogP contribution in [0.3, 0.4) is 0 Å². The first-order valence-corrected chi connectivity index (χ1v) is 3.37. The van der Waals surface area contributed by atoms with Crippen LogP contribution in [-0.4, -0.2) is 15.2 Å². The number of nitrogens with zero attached hydrogens (tertiary/aromatic N) is 1. The molecule has 0 aliphatic rings. The minimum Gasteiger partial charge on any atom is -0.503 e. The summed E-state index contributed by atoms with van der Waals surface area (Å²) in [4.78, 5) is 13.2. The topological polar surface area (TPSA) is 79.1 Å². The Labute approximate surface area is 66.6 Å². The summed E-state index contributed by atoms with van der Waals surface area (Å²) >= 11 is 0. The second-order valence-electron chi connectivity index (χ2n) is 2.49. The molecule has 62 valence electrons. The highest BCUT2D eigenvalue weighted by atomic mass is 16.5. The van der Waals surface area contributed by atoms with Gasteiger partial charge in [-0.1, -0.05) is 5.16 Å². The van der Waals surface area contributed by atoms with Gasteiger partial charge in [-0.25, -0.2) is 0 Å². The van der Waals surface area contributed by atoms with Crippen LogP contribution in [0.5, 0.6) is 5.75 Å². The van der Waals surface area contributed by atoms with Crippen molar-refractivity contribution in [2.45, 2.75) is 6.92 Å². The molecule has 2 heterocycles. The van der Waals surface area contributed by atoms with Crippen LogP contribution in [0.25, 0.3) is 11.1 Å². The van der Waals surface area contributed by atoms with Crippen LogP contribution in [0.4, 0.5) is 0 Å². The second-order valence-corrected chi connectivity index (χ2v) is 2.49. The van der Waals surface area contributed by atoms with Crippen LogP contribution in [0, 0.1) is 6.92 Å². The Hall–Kier alpha value is -1.78. The van der Waals surface area contributed by atoms with Crippen molar-refractivity contribution in [2.75, 3.05) is 0 Å². The maximum absolute atomic E-state index is 10.8. The molecule has 0 aliphatic carbocycles. The van der Waals surface area contributed by atoms with Crippen molar-refractivity contribution in [2.24, 2.45) is 0 Å². The van der Waals surface area contributed by atoms with Crippen molar-refractivity contribution in [1.29, 1.82) is 0 Å². The van der Waals surface area contributed by atoms with E-state index >= 15 is 0 Å². The molecule has 5 nitrogen and oxygen atoms in total. The number of hydrogen-bond acceptors (Lipinski definition) is 4. The molecule has 0 fully saturated rings. The molecule has 0 atom stereocenters. The average molecular weight is 166 g/mol. The van der Waals surface area contributed by atoms with Gasteiger partial charge < -0.3 is 9.63 Å². The molecule has 0 radical (unpaired) electrons. The molecule has 2 aromatic heterocycles. The molecule has 5 heteroatoms. The summed E-state index contributed by atoms with van der Waals surface area (Å²) in [5.74, 6) is -0.325. The highest BCUT2D eigenvalue weighted by Gasteiger charge is 2.07. The minimum atomic E-state index is -0.571. The van der Waals surface area contributed by atoms with E-state index in [2.05, 4.69) is 10.1 Å². The Morgan fingerprint density at radius 2 is 2.42 bits per heavy atom. The fraction of sp³-hybridized carbons (Fsp3) is 0.143. The fourth-order valence-corrected chi connectivity index (χ4v) is 1.01. The Morgan fingerprint density at radius 3 is 3.17 bits per heavy atom. The molecule has 2 N–H and O–H groups in total. The molecule has 0 bridgehead atoms. The molecule has 0 spiro atoms. The Kier molecular flexibility index (Phi) is 1.21. The number of fused-ring (bicyclic) bond motifs is 1. The van der Waals surface area contributed by atoms with Crippen molar-refractivity contribution in [1.82, 2.24) is 10.1 Å². The highest BCUT2D eigenvalue weighted by Crippen LogP contribution is 2.16. The molecule has 2 rings (SSSR count). The van der Waals surface area contributed by atoms with Gasteiger partial charge in [-0.2, -0.15) is 0 Å². The first-order chi connectivity index (χ1) is 5.68. The molecule has 0 unspecified atom stereocenters. The van der Waals surface area contributed by atoms with Crippen LogP contribution >= 0.6 is 0 Å². The van der Waals surface area contributed by atoms with Gasteiger partial charge in [0.05, 0.1) is 11.1 Å². The zero-order valence-corrected chi connectivity index (χ0v) is 6.29. The zero-order valence-electron chi connectivity index (χ0n) is 6.29. The van der Waals surface area contributed by atoms with Crippen molar-refractivity contribution >= 4 is 11.1 Å². The summed E-state index contributed by atoms with van der Waals surface area (Å²) in [5.41, 5.74) is 0.352. The number of aromatic nitrogens is 2. The first kappa shape index (κ1) is 6.90. The molecule has 2 aromatic rings. The quantitative estimate of drug-likeness (QED) is 0.598. The predicted octanol–water partition coefficient (Wildman–Crippen LogP) is 0.530. The summed E-state index contributed by atoms with van der Waals surface area (Å²) in [6, 6.07) is 1.33. The number of hydrogen-bond donors (Lipinski definition) is 2. The van der Waals surface area contributed by atoms with Crippen molar-refractivity contribution in [3.8, 4) is 5.75 Å². The van der Waals surface area contributed by atoms with Gasteiger partial charge in [0, 0.05) is 6.07 Å². The van der Waals surface area contributed by atoms with Crippen LogP contribution in [0.15, 0.2) is 15.4 Å². The van der Waals surface area contributed by atoms with Crippen molar-refractivity contribution in [3.05, 3.63) is 22.1 Å². The number of rotatable bonds is 0. The van der Waals surface area contributed by atoms with E-state index in [4.69, 9.17) is 9.63 Å². The summed E-state index contributed by atoms with van der Waals surface area (Å²) in [6.45, 7) is 1.73. The average Bonchev–Trinajstić information content (AvgIpc) is 2.35. The molecule has 12 heavy (non-hydrogen) atoms. The normalized spacial score (nSPS) is 10.8. The molecule has 0 aliphatic heterocycles. The molecular formula is C7H6N2O3. The first-order valence-electron chi connectivity index (χ1n) is 3.37. The summed E-state index contributed by atoms with van der Waals surface area (Å²) < 4.78 is 4.77. The maximum Gasteiger partial charge on any atom is 0.292 e. The zero-order chi connectivity index (χ0) is 8.72. The fourth-order valence-electron chi connectivity index (χ4n) is 1.01. The highest BCUT2D eigenvalue weighted by molar-refractivity contribution is 5.76. The van der Waals surface area contributed by atoms with E-state index in [0.717, 1.165) is 0 Å². The lowest BCUT2D eigenvalue weighted by atomic mass is 10.3. The summed E-state index contributed by atoms with van der Waals surface area (Å²) in [6.07, 6.45) is 0. The van der Waals surface area contributed by atoms with Crippen LogP contribution in [-0.2, 0) is 0 Å². The number of aryl methyl sites for hydroxylation is 1. The van der Waals surface area contributed by atoms with E-state index in [1.807, 2.05) is 0 Å². The van der Waals surface area contributed by atoms with E-state index in [-0.39, 0.29) is 11.5 Å². The van der Waals surface area contributed by atoms with E-state index in [9.17, 15) is 4.79 Å². The van der Waals surface area contributed by atoms with Gasteiger partial charge in [-0.05, 0) is 6.92 Å². The number of aromatic amines is 1. The molecular weight excluding hydrogens is 160 g/mol.